The van der Waals surface area contributed by atoms with Gasteiger partial charge in [-0.3, -0.25) is 4.98 Å². The molecule has 3 heterocycles. The van der Waals surface area contributed by atoms with Crippen LogP contribution in [0, 0.1) is 11.6 Å². The number of rotatable bonds is 4. The average molecular weight is 427 g/mol. The molecular formula is C23H27F2N5O. The fourth-order valence-electron chi connectivity index (χ4n) is 4.05. The lowest BCUT2D eigenvalue weighted by molar-refractivity contribution is 0.217. The highest BCUT2D eigenvalue weighted by Crippen LogP contribution is 2.27. The summed E-state index contributed by atoms with van der Waals surface area (Å²) in [6, 6.07) is 8.09. The second-order valence-electron chi connectivity index (χ2n) is 8.23. The molecule has 0 radical (unpaired) electrons. The fourth-order valence-corrected chi connectivity index (χ4v) is 4.05. The molecule has 31 heavy (non-hydrogen) atoms. The molecule has 1 N–H and O–H groups in total. The van der Waals surface area contributed by atoms with Crippen LogP contribution in [0.15, 0.2) is 42.6 Å². The number of aromatic nitrogens is 1. The van der Waals surface area contributed by atoms with Gasteiger partial charge < -0.3 is 20.0 Å². The van der Waals surface area contributed by atoms with Crippen molar-refractivity contribution in [1.29, 1.82) is 0 Å². The first-order chi connectivity index (χ1) is 14.9. The topological polar surface area (TPSA) is 51.7 Å². The van der Waals surface area contributed by atoms with Gasteiger partial charge in [-0.05, 0) is 62.8 Å². The van der Waals surface area contributed by atoms with Crippen LogP contribution in [0.1, 0.15) is 18.5 Å². The maximum Gasteiger partial charge on any atom is 0.322 e. The van der Waals surface area contributed by atoms with Crippen molar-refractivity contribution in [3.05, 3.63) is 59.9 Å². The monoisotopic (exact) mass is 427 g/mol. The predicted octanol–water partition coefficient (Wildman–Crippen LogP) is 3.82. The number of benzene rings is 1. The third-order valence-electron chi connectivity index (χ3n) is 6.01. The number of amides is 2. The lowest BCUT2D eigenvalue weighted by Crippen LogP contribution is -2.38. The van der Waals surface area contributed by atoms with Gasteiger partial charge in [-0.15, -0.1) is 0 Å². The normalized spacial score (nSPS) is 19.0. The van der Waals surface area contributed by atoms with Crippen molar-refractivity contribution in [3.63, 3.8) is 0 Å². The largest absolute Gasteiger partial charge is 0.370 e. The number of likely N-dealkylation sites (N-methyl/N-ethyl adjacent to an activating group) is 1. The molecule has 2 aliphatic heterocycles. The highest BCUT2D eigenvalue weighted by atomic mass is 19.1. The third kappa shape index (κ3) is 4.85. The van der Waals surface area contributed by atoms with Crippen LogP contribution in [0.4, 0.5) is 25.0 Å². The van der Waals surface area contributed by atoms with Crippen molar-refractivity contribution in [2.24, 2.45) is 0 Å². The Labute approximate surface area is 181 Å². The van der Waals surface area contributed by atoms with E-state index in [-0.39, 0.29) is 17.5 Å². The molecule has 1 fully saturated rings. The molecule has 1 aromatic heterocycles. The minimum absolute atomic E-state index is 0.173. The second-order valence-corrected chi connectivity index (χ2v) is 8.23. The summed E-state index contributed by atoms with van der Waals surface area (Å²) in [5, 5.41) is 2.68. The molecule has 6 nitrogen and oxygen atoms in total. The van der Waals surface area contributed by atoms with Gasteiger partial charge in [-0.25, -0.2) is 13.6 Å². The molecule has 4 rings (SSSR count). The summed E-state index contributed by atoms with van der Waals surface area (Å²) >= 11 is 0. The molecule has 0 spiro atoms. The number of anilines is 2. The number of hydrogen-bond donors (Lipinski definition) is 1. The average Bonchev–Trinajstić information content (AvgIpc) is 3.26. The minimum atomic E-state index is -0.442. The Kier molecular flexibility index (Phi) is 6.18. The Morgan fingerprint density at radius 3 is 2.65 bits per heavy atom. The zero-order valence-electron chi connectivity index (χ0n) is 17.8. The highest BCUT2D eigenvalue weighted by Gasteiger charge is 2.25. The van der Waals surface area contributed by atoms with E-state index >= 15 is 0 Å². The van der Waals surface area contributed by atoms with E-state index in [0.29, 0.717) is 31.2 Å². The molecule has 1 saturated heterocycles. The van der Waals surface area contributed by atoms with E-state index in [4.69, 9.17) is 0 Å². The molecule has 2 amide bonds. The molecule has 8 heteroatoms. The predicted molar refractivity (Wildman–Crippen MR) is 118 cm³/mol. The lowest BCUT2D eigenvalue weighted by atomic mass is 10.0. The maximum atomic E-state index is 14.7. The second kappa shape index (κ2) is 9.01. The van der Waals surface area contributed by atoms with Crippen LogP contribution in [-0.2, 0) is 0 Å². The van der Waals surface area contributed by atoms with Crippen molar-refractivity contribution in [3.8, 4) is 0 Å². The van der Waals surface area contributed by atoms with E-state index in [1.54, 1.807) is 17.0 Å². The summed E-state index contributed by atoms with van der Waals surface area (Å²) in [5.74, 6) is -0.820. The summed E-state index contributed by atoms with van der Waals surface area (Å²) in [4.78, 5) is 22.7. The molecule has 0 saturated carbocycles. The van der Waals surface area contributed by atoms with Crippen molar-refractivity contribution in [2.45, 2.75) is 18.9 Å². The summed E-state index contributed by atoms with van der Waals surface area (Å²) < 4.78 is 27.7. The molecule has 0 bridgehead atoms. The van der Waals surface area contributed by atoms with Gasteiger partial charge in [0, 0.05) is 37.9 Å². The molecule has 164 valence electrons. The van der Waals surface area contributed by atoms with Crippen LogP contribution in [0.25, 0.3) is 5.57 Å². The van der Waals surface area contributed by atoms with Gasteiger partial charge in [0.15, 0.2) is 0 Å². The molecule has 0 aliphatic carbocycles. The van der Waals surface area contributed by atoms with Gasteiger partial charge in [-0.1, -0.05) is 6.08 Å². The Morgan fingerprint density at radius 1 is 1.19 bits per heavy atom. The van der Waals surface area contributed by atoms with Crippen LogP contribution >= 0.6 is 0 Å². The Morgan fingerprint density at radius 2 is 2.03 bits per heavy atom. The zero-order chi connectivity index (χ0) is 22.0. The lowest BCUT2D eigenvalue weighted by Gasteiger charge is -2.27. The summed E-state index contributed by atoms with van der Waals surface area (Å²) in [6.45, 7) is 2.62. The van der Waals surface area contributed by atoms with Gasteiger partial charge in [-0.2, -0.15) is 0 Å². The summed E-state index contributed by atoms with van der Waals surface area (Å²) in [5.41, 5.74) is 2.69. The van der Waals surface area contributed by atoms with Gasteiger partial charge in [0.05, 0.1) is 17.6 Å². The Hall–Kier alpha value is -3.00. The van der Waals surface area contributed by atoms with Crippen LogP contribution < -0.4 is 10.2 Å². The standard InChI is InChI=1S/C23H27F2N5O/c1-28(2)19-9-12-30(15-19)18-4-6-22(20(25)13-18)27-23(31)29-10-7-16(8-11-29)21-5-3-17(24)14-26-21/h3-7,13-14,19H,8-12,15H2,1-2H3,(H,27,31). The van der Waals surface area contributed by atoms with Crippen molar-refractivity contribution >= 4 is 23.0 Å². The van der Waals surface area contributed by atoms with Gasteiger partial charge >= 0.3 is 6.03 Å². The molecule has 1 aromatic carbocycles. The zero-order valence-corrected chi connectivity index (χ0v) is 17.8. The van der Waals surface area contributed by atoms with Crippen molar-refractivity contribution < 1.29 is 13.6 Å². The number of pyridine rings is 1. The Bertz CT molecular complexity index is 976. The maximum absolute atomic E-state index is 14.7. The van der Waals surface area contributed by atoms with Crippen molar-refractivity contribution in [1.82, 2.24) is 14.8 Å². The quantitative estimate of drug-likeness (QED) is 0.806. The van der Waals surface area contributed by atoms with E-state index in [0.717, 1.165) is 30.8 Å². The van der Waals surface area contributed by atoms with Gasteiger partial charge in [0.25, 0.3) is 0 Å². The first-order valence-electron chi connectivity index (χ1n) is 10.5. The highest BCUT2D eigenvalue weighted by molar-refractivity contribution is 5.90. The number of carbonyl (C=O) groups is 1. The third-order valence-corrected chi connectivity index (χ3v) is 6.01. The SMILES string of the molecule is CN(C)C1CCN(c2ccc(NC(=O)N3CC=C(c4ccc(F)cn4)CC3)c(F)c2)C1. The minimum Gasteiger partial charge on any atom is -0.370 e. The van der Waals surface area contributed by atoms with E-state index in [2.05, 4.69) is 34.2 Å². The number of carbonyl (C=O) groups excluding carboxylic acids is 1. The molecule has 2 aliphatic rings. The fraction of sp³-hybridized carbons (Fsp3) is 0.391. The number of nitrogens with one attached hydrogen (secondary N) is 1. The molecule has 2 aromatic rings. The molecular weight excluding hydrogens is 400 g/mol. The smallest absolute Gasteiger partial charge is 0.322 e. The van der Waals surface area contributed by atoms with Crippen LogP contribution in [-0.4, -0.2) is 67.1 Å². The van der Waals surface area contributed by atoms with Crippen LogP contribution in [0.2, 0.25) is 0 Å². The van der Waals surface area contributed by atoms with E-state index in [1.165, 1.54) is 18.3 Å². The van der Waals surface area contributed by atoms with Crippen molar-refractivity contribution in [2.75, 3.05) is 50.5 Å². The summed E-state index contributed by atoms with van der Waals surface area (Å²) in [6.07, 6.45) is 4.74. The van der Waals surface area contributed by atoms with Gasteiger partial charge in [0.2, 0.25) is 0 Å². The van der Waals surface area contributed by atoms with E-state index < -0.39 is 5.82 Å². The number of hydrogen-bond acceptors (Lipinski definition) is 4. The van der Waals surface area contributed by atoms with Gasteiger partial charge in [0.1, 0.15) is 11.6 Å². The van der Waals surface area contributed by atoms with Crippen LogP contribution in [0.5, 0.6) is 0 Å². The first-order valence-corrected chi connectivity index (χ1v) is 10.5. The molecule has 1 atom stereocenters. The number of urea groups is 1. The summed E-state index contributed by atoms with van der Waals surface area (Å²) in [7, 11) is 4.12. The van der Waals surface area contributed by atoms with Crippen LogP contribution in [0.3, 0.4) is 0 Å². The molecule has 1 unspecified atom stereocenters. The Balaban J connectivity index is 1.36. The van der Waals surface area contributed by atoms with E-state index in [1.807, 2.05) is 12.1 Å². The number of halogens is 2. The number of nitrogens with zero attached hydrogens (tertiary/aromatic N) is 4. The van der Waals surface area contributed by atoms with E-state index in [9.17, 15) is 13.6 Å². The first kappa shape index (κ1) is 21.2.